The smallest absolute Gasteiger partial charge is 0.303 e. The van der Waals surface area contributed by atoms with Crippen LogP contribution in [-0.4, -0.2) is 14.0 Å². The molecule has 0 spiro atoms. The standard InChI is InChI=1S/C21H38O3Si/c1-6-10-11-12-13-14-15-20(24-18(5)22)19-16-21(23-17-19)25(7-2,8-3)9-4/h16-17,20H,6-15H2,1-5H3. The first-order valence-corrected chi connectivity index (χ1v) is 12.9. The maximum absolute atomic E-state index is 11.5. The Morgan fingerprint density at radius 1 is 1.04 bits per heavy atom. The number of rotatable bonds is 13. The van der Waals surface area contributed by atoms with Crippen molar-refractivity contribution in [3.05, 3.63) is 17.9 Å². The second-order valence-electron chi connectivity index (χ2n) is 7.24. The minimum Gasteiger partial charge on any atom is -0.474 e. The normalized spacial score (nSPS) is 13.0. The molecule has 1 atom stereocenters. The molecule has 1 unspecified atom stereocenters. The quantitative estimate of drug-likeness (QED) is 0.232. The highest BCUT2D eigenvalue weighted by Gasteiger charge is 2.33. The molecule has 0 fully saturated rings. The third kappa shape index (κ3) is 6.65. The monoisotopic (exact) mass is 366 g/mol. The summed E-state index contributed by atoms with van der Waals surface area (Å²) in [6, 6.07) is 5.78. The largest absolute Gasteiger partial charge is 0.474 e. The second-order valence-corrected chi connectivity index (χ2v) is 12.4. The van der Waals surface area contributed by atoms with Crippen molar-refractivity contribution in [3.63, 3.8) is 0 Å². The van der Waals surface area contributed by atoms with Crippen LogP contribution in [-0.2, 0) is 9.53 Å². The van der Waals surface area contributed by atoms with Gasteiger partial charge in [0.2, 0.25) is 0 Å². The summed E-state index contributed by atoms with van der Waals surface area (Å²) in [5, 5.41) is 1.18. The van der Waals surface area contributed by atoms with Crippen molar-refractivity contribution in [3.8, 4) is 0 Å². The Balaban J connectivity index is 2.74. The molecule has 1 rings (SSSR count). The van der Waals surface area contributed by atoms with Gasteiger partial charge in [0.25, 0.3) is 0 Å². The molecule has 0 aliphatic rings. The van der Waals surface area contributed by atoms with Gasteiger partial charge >= 0.3 is 5.97 Å². The van der Waals surface area contributed by atoms with E-state index < -0.39 is 8.07 Å². The molecule has 0 aliphatic carbocycles. The van der Waals surface area contributed by atoms with E-state index in [4.69, 9.17) is 9.15 Å². The Hall–Kier alpha value is -1.03. The minimum atomic E-state index is -1.52. The van der Waals surface area contributed by atoms with E-state index in [1.807, 2.05) is 6.26 Å². The van der Waals surface area contributed by atoms with Crippen molar-refractivity contribution in [1.29, 1.82) is 0 Å². The van der Waals surface area contributed by atoms with Crippen molar-refractivity contribution < 1.29 is 13.9 Å². The zero-order valence-electron chi connectivity index (χ0n) is 17.0. The first kappa shape index (κ1) is 22.0. The van der Waals surface area contributed by atoms with Gasteiger partial charge in [-0.25, -0.2) is 0 Å². The summed E-state index contributed by atoms with van der Waals surface area (Å²) in [4.78, 5) is 11.5. The zero-order chi connectivity index (χ0) is 18.7. The topological polar surface area (TPSA) is 39.4 Å². The van der Waals surface area contributed by atoms with E-state index >= 15 is 0 Å². The third-order valence-electron chi connectivity index (χ3n) is 5.67. The van der Waals surface area contributed by atoms with E-state index in [2.05, 4.69) is 33.8 Å². The van der Waals surface area contributed by atoms with Crippen LogP contribution in [0.3, 0.4) is 0 Å². The molecule has 1 aromatic heterocycles. The molecule has 0 saturated carbocycles. The fourth-order valence-electron chi connectivity index (χ4n) is 3.67. The fourth-order valence-corrected chi connectivity index (χ4v) is 7.00. The summed E-state index contributed by atoms with van der Waals surface area (Å²) >= 11 is 0. The van der Waals surface area contributed by atoms with Crippen molar-refractivity contribution in [1.82, 2.24) is 0 Å². The summed E-state index contributed by atoms with van der Waals surface area (Å²) in [6.45, 7) is 10.6. The van der Waals surface area contributed by atoms with E-state index in [1.165, 1.54) is 62.5 Å². The molecular formula is C21H38O3Si. The predicted octanol–water partition coefficient (Wildman–Crippen LogP) is 6.35. The molecule has 0 bridgehead atoms. The number of unbranched alkanes of at least 4 members (excludes halogenated alkanes) is 5. The lowest BCUT2D eigenvalue weighted by molar-refractivity contribution is -0.147. The van der Waals surface area contributed by atoms with Crippen LogP contribution < -0.4 is 5.38 Å². The Morgan fingerprint density at radius 2 is 1.64 bits per heavy atom. The van der Waals surface area contributed by atoms with Crippen LogP contribution in [0.15, 0.2) is 16.7 Å². The lowest BCUT2D eigenvalue weighted by atomic mass is 10.0. The van der Waals surface area contributed by atoms with Crippen LogP contribution in [0.2, 0.25) is 18.1 Å². The van der Waals surface area contributed by atoms with E-state index in [-0.39, 0.29) is 12.1 Å². The highest BCUT2D eigenvalue weighted by atomic mass is 28.3. The molecule has 1 aromatic rings. The first-order chi connectivity index (χ1) is 12.0. The Kier molecular flexibility index (Phi) is 10.2. The number of carbonyl (C=O) groups is 1. The van der Waals surface area contributed by atoms with Crippen LogP contribution >= 0.6 is 0 Å². The number of esters is 1. The molecular weight excluding hydrogens is 328 g/mol. The van der Waals surface area contributed by atoms with E-state index in [0.717, 1.165) is 18.4 Å². The Morgan fingerprint density at radius 3 is 2.20 bits per heavy atom. The maximum Gasteiger partial charge on any atom is 0.303 e. The summed E-state index contributed by atoms with van der Waals surface area (Å²) < 4.78 is 11.6. The summed E-state index contributed by atoms with van der Waals surface area (Å²) in [5.41, 5.74) is 1.05. The number of hydrogen-bond acceptors (Lipinski definition) is 3. The Bertz CT molecular complexity index is 483. The molecule has 0 amide bonds. The summed E-state index contributed by atoms with van der Waals surface area (Å²) in [7, 11) is -1.52. The van der Waals surface area contributed by atoms with Gasteiger partial charge in [-0.15, -0.1) is 0 Å². The minimum absolute atomic E-state index is 0.154. The summed E-state index contributed by atoms with van der Waals surface area (Å²) in [5.74, 6) is -0.205. The van der Waals surface area contributed by atoms with Gasteiger partial charge in [0, 0.05) is 12.5 Å². The molecule has 3 nitrogen and oxygen atoms in total. The average molecular weight is 367 g/mol. The number of hydrogen-bond donors (Lipinski definition) is 0. The Labute approximate surface area is 155 Å². The SMILES string of the molecule is CCCCCCCCC(OC(C)=O)c1coc([Si](CC)(CC)CC)c1. The zero-order valence-corrected chi connectivity index (χ0v) is 18.0. The van der Waals surface area contributed by atoms with Crippen LogP contribution in [0.4, 0.5) is 0 Å². The maximum atomic E-state index is 11.5. The van der Waals surface area contributed by atoms with Gasteiger partial charge in [-0.3, -0.25) is 4.79 Å². The van der Waals surface area contributed by atoms with Gasteiger partial charge in [-0.1, -0.05) is 77.9 Å². The number of carbonyl (C=O) groups excluding carboxylic acids is 1. The van der Waals surface area contributed by atoms with Crippen LogP contribution in [0.25, 0.3) is 0 Å². The lowest BCUT2D eigenvalue weighted by Gasteiger charge is -2.24. The lowest BCUT2D eigenvalue weighted by Crippen LogP contribution is -2.44. The molecule has 0 aromatic carbocycles. The van der Waals surface area contributed by atoms with Gasteiger partial charge in [-0.05, 0) is 18.9 Å². The second kappa shape index (κ2) is 11.6. The van der Waals surface area contributed by atoms with Crippen molar-refractivity contribution >= 4 is 19.4 Å². The van der Waals surface area contributed by atoms with Gasteiger partial charge in [-0.2, -0.15) is 0 Å². The molecule has 25 heavy (non-hydrogen) atoms. The highest BCUT2D eigenvalue weighted by molar-refractivity contribution is 6.90. The van der Waals surface area contributed by atoms with Gasteiger partial charge in [0.05, 0.1) is 11.6 Å². The molecule has 0 saturated heterocycles. The molecule has 144 valence electrons. The molecule has 0 N–H and O–H groups in total. The van der Waals surface area contributed by atoms with E-state index in [0.29, 0.717) is 0 Å². The predicted molar refractivity (Wildman–Crippen MR) is 108 cm³/mol. The van der Waals surface area contributed by atoms with Gasteiger partial charge < -0.3 is 9.15 Å². The fraction of sp³-hybridized carbons (Fsp3) is 0.762. The molecule has 0 aliphatic heterocycles. The van der Waals surface area contributed by atoms with E-state index in [9.17, 15) is 4.79 Å². The van der Waals surface area contributed by atoms with Crippen molar-refractivity contribution in [2.75, 3.05) is 0 Å². The molecule has 4 heteroatoms. The molecule has 1 heterocycles. The van der Waals surface area contributed by atoms with Crippen molar-refractivity contribution in [2.24, 2.45) is 0 Å². The van der Waals surface area contributed by atoms with Crippen molar-refractivity contribution in [2.45, 2.75) is 104 Å². The van der Waals surface area contributed by atoms with Gasteiger partial charge in [0.1, 0.15) is 14.2 Å². The first-order valence-electron chi connectivity index (χ1n) is 10.3. The van der Waals surface area contributed by atoms with E-state index in [1.54, 1.807) is 0 Å². The highest BCUT2D eigenvalue weighted by Crippen LogP contribution is 2.27. The average Bonchev–Trinajstić information content (AvgIpc) is 3.09. The van der Waals surface area contributed by atoms with Crippen LogP contribution in [0.5, 0.6) is 0 Å². The van der Waals surface area contributed by atoms with Gasteiger partial charge in [0.15, 0.2) is 0 Å². The third-order valence-corrected chi connectivity index (χ3v) is 11.0. The number of ether oxygens (including phenoxy) is 1. The summed E-state index contributed by atoms with van der Waals surface area (Å²) in [6.07, 6.45) is 10.0. The molecule has 0 radical (unpaired) electrons. The number of furan rings is 1. The van der Waals surface area contributed by atoms with Crippen LogP contribution in [0, 0.1) is 0 Å². The van der Waals surface area contributed by atoms with Crippen LogP contribution in [0.1, 0.15) is 91.2 Å².